The molecule has 0 fully saturated rings. The maximum absolute atomic E-state index is 12.6. The number of benzene rings is 1. The van der Waals surface area contributed by atoms with Crippen molar-refractivity contribution in [1.82, 2.24) is 39.5 Å². The Balaban J connectivity index is 1.57. The van der Waals surface area contributed by atoms with Crippen molar-refractivity contribution in [3.05, 3.63) is 71.4 Å². The zero-order valence-corrected chi connectivity index (χ0v) is 16.7. The number of nitrogens with zero attached hydrogens (tertiary/aromatic N) is 7. The molecule has 0 amide bonds. The third-order valence-electron chi connectivity index (χ3n) is 4.58. The molecule has 0 aliphatic heterocycles. The van der Waals surface area contributed by atoms with Crippen LogP contribution in [0.1, 0.15) is 6.92 Å². The third kappa shape index (κ3) is 3.16. The molecule has 0 spiro atoms. The Bertz CT molecular complexity index is 1370. The summed E-state index contributed by atoms with van der Waals surface area (Å²) in [6, 6.07) is 13.3. The molecule has 10 heteroatoms. The molecule has 1 N–H and O–H groups in total. The second kappa shape index (κ2) is 7.56. The summed E-state index contributed by atoms with van der Waals surface area (Å²) in [5.41, 5.74) is 1.99. The zero-order valence-electron chi connectivity index (χ0n) is 15.9. The molecular formula is C20H16N8OS. The molecule has 0 unspecified atom stereocenters. The zero-order chi connectivity index (χ0) is 20.5. The van der Waals surface area contributed by atoms with E-state index < -0.39 is 0 Å². The van der Waals surface area contributed by atoms with Gasteiger partial charge in [0.15, 0.2) is 21.8 Å². The highest BCUT2D eigenvalue weighted by Crippen LogP contribution is 2.27. The Kier molecular flexibility index (Phi) is 4.60. The fourth-order valence-electron chi connectivity index (χ4n) is 3.16. The SMILES string of the molecule is CCn1c(Sc2nc3c(cnn3-c3ccccc3)c(=O)[nH]2)nnc1-c1ccncc1. The lowest BCUT2D eigenvalue weighted by atomic mass is 10.2. The summed E-state index contributed by atoms with van der Waals surface area (Å²) in [4.78, 5) is 24.1. The van der Waals surface area contributed by atoms with Crippen LogP contribution in [0.25, 0.3) is 28.1 Å². The molecule has 0 radical (unpaired) electrons. The molecule has 5 rings (SSSR count). The van der Waals surface area contributed by atoms with Crippen molar-refractivity contribution in [2.24, 2.45) is 0 Å². The van der Waals surface area contributed by atoms with Crippen LogP contribution in [-0.2, 0) is 6.54 Å². The van der Waals surface area contributed by atoms with Crippen LogP contribution >= 0.6 is 11.8 Å². The van der Waals surface area contributed by atoms with E-state index in [-0.39, 0.29) is 5.56 Å². The van der Waals surface area contributed by atoms with Gasteiger partial charge in [-0.25, -0.2) is 9.67 Å². The van der Waals surface area contributed by atoms with Gasteiger partial charge in [0.1, 0.15) is 5.39 Å². The number of fused-ring (bicyclic) bond motifs is 1. The first-order valence-electron chi connectivity index (χ1n) is 9.29. The fourth-order valence-corrected chi connectivity index (χ4v) is 4.01. The molecule has 0 bridgehead atoms. The van der Waals surface area contributed by atoms with Gasteiger partial charge >= 0.3 is 0 Å². The van der Waals surface area contributed by atoms with E-state index in [0.717, 1.165) is 17.1 Å². The van der Waals surface area contributed by atoms with Gasteiger partial charge in [-0.05, 0) is 43.0 Å². The van der Waals surface area contributed by atoms with Crippen molar-refractivity contribution in [2.75, 3.05) is 0 Å². The highest BCUT2D eigenvalue weighted by molar-refractivity contribution is 7.99. The van der Waals surface area contributed by atoms with E-state index in [0.29, 0.717) is 27.9 Å². The summed E-state index contributed by atoms with van der Waals surface area (Å²) in [6.45, 7) is 2.68. The number of pyridine rings is 1. The number of hydrogen-bond donors (Lipinski definition) is 1. The maximum Gasteiger partial charge on any atom is 0.262 e. The van der Waals surface area contributed by atoms with Gasteiger partial charge in [0, 0.05) is 24.5 Å². The van der Waals surface area contributed by atoms with E-state index in [1.54, 1.807) is 17.1 Å². The second-order valence-electron chi connectivity index (χ2n) is 6.39. The summed E-state index contributed by atoms with van der Waals surface area (Å²) in [5.74, 6) is 0.736. The molecule has 0 atom stereocenters. The van der Waals surface area contributed by atoms with Gasteiger partial charge in [0.2, 0.25) is 0 Å². The molecule has 0 saturated heterocycles. The van der Waals surface area contributed by atoms with E-state index >= 15 is 0 Å². The minimum absolute atomic E-state index is 0.249. The summed E-state index contributed by atoms with van der Waals surface area (Å²) in [7, 11) is 0. The normalized spacial score (nSPS) is 11.2. The molecule has 148 valence electrons. The van der Waals surface area contributed by atoms with Crippen LogP contribution in [0.5, 0.6) is 0 Å². The number of aromatic nitrogens is 8. The average Bonchev–Trinajstić information content (AvgIpc) is 3.39. The molecule has 1 aromatic carbocycles. The van der Waals surface area contributed by atoms with Gasteiger partial charge in [0.05, 0.1) is 11.9 Å². The summed E-state index contributed by atoms with van der Waals surface area (Å²) >= 11 is 1.26. The van der Waals surface area contributed by atoms with Gasteiger partial charge in [-0.15, -0.1) is 10.2 Å². The monoisotopic (exact) mass is 416 g/mol. The number of para-hydroxylation sites is 1. The molecule has 5 aromatic rings. The van der Waals surface area contributed by atoms with E-state index in [1.807, 2.05) is 54.0 Å². The highest BCUT2D eigenvalue weighted by atomic mass is 32.2. The number of H-pyrrole nitrogens is 1. The predicted octanol–water partition coefficient (Wildman–Crippen LogP) is 2.93. The lowest BCUT2D eigenvalue weighted by molar-refractivity contribution is 0.685. The van der Waals surface area contributed by atoms with E-state index in [1.165, 1.54) is 18.0 Å². The van der Waals surface area contributed by atoms with Gasteiger partial charge in [-0.1, -0.05) is 18.2 Å². The highest BCUT2D eigenvalue weighted by Gasteiger charge is 2.17. The van der Waals surface area contributed by atoms with E-state index in [4.69, 9.17) is 0 Å². The van der Waals surface area contributed by atoms with Crippen LogP contribution in [0.2, 0.25) is 0 Å². The first-order valence-corrected chi connectivity index (χ1v) is 10.1. The van der Waals surface area contributed by atoms with Crippen LogP contribution in [0, 0.1) is 0 Å². The molecular weight excluding hydrogens is 400 g/mol. The largest absolute Gasteiger partial charge is 0.302 e. The van der Waals surface area contributed by atoms with Crippen molar-refractivity contribution >= 4 is 22.8 Å². The lowest BCUT2D eigenvalue weighted by Gasteiger charge is -2.07. The molecule has 30 heavy (non-hydrogen) atoms. The van der Waals surface area contributed by atoms with Crippen molar-refractivity contribution in [2.45, 2.75) is 23.8 Å². The molecule has 4 aromatic heterocycles. The van der Waals surface area contributed by atoms with Crippen molar-refractivity contribution in [3.8, 4) is 17.1 Å². The first kappa shape index (κ1) is 18.3. The van der Waals surface area contributed by atoms with Crippen molar-refractivity contribution in [3.63, 3.8) is 0 Å². The maximum atomic E-state index is 12.6. The Morgan fingerprint density at radius 3 is 2.63 bits per heavy atom. The number of nitrogens with one attached hydrogen (secondary N) is 1. The van der Waals surface area contributed by atoms with Crippen LogP contribution < -0.4 is 5.56 Å². The smallest absolute Gasteiger partial charge is 0.262 e. The lowest BCUT2D eigenvalue weighted by Crippen LogP contribution is -2.10. The Hall–Kier alpha value is -3.79. The van der Waals surface area contributed by atoms with Gasteiger partial charge in [-0.2, -0.15) is 5.10 Å². The molecule has 0 saturated carbocycles. The molecule has 4 heterocycles. The third-order valence-corrected chi connectivity index (χ3v) is 5.45. The fraction of sp³-hybridized carbons (Fsp3) is 0.100. The van der Waals surface area contributed by atoms with Crippen LogP contribution in [0.4, 0.5) is 0 Å². The molecule has 0 aliphatic rings. The molecule has 9 nitrogen and oxygen atoms in total. The van der Waals surface area contributed by atoms with Gasteiger partial charge < -0.3 is 9.55 Å². The summed E-state index contributed by atoms with van der Waals surface area (Å²) in [6.07, 6.45) is 4.96. The van der Waals surface area contributed by atoms with Gasteiger partial charge in [0.25, 0.3) is 5.56 Å². The quantitative estimate of drug-likeness (QED) is 0.439. The second-order valence-corrected chi connectivity index (χ2v) is 7.34. The topological polar surface area (TPSA) is 107 Å². The Morgan fingerprint density at radius 1 is 1.07 bits per heavy atom. The van der Waals surface area contributed by atoms with Crippen molar-refractivity contribution < 1.29 is 0 Å². The summed E-state index contributed by atoms with van der Waals surface area (Å²) < 4.78 is 3.63. The van der Waals surface area contributed by atoms with Crippen LogP contribution in [0.3, 0.4) is 0 Å². The minimum atomic E-state index is -0.249. The van der Waals surface area contributed by atoms with E-state index in [9.17, 15) is 4.79 Å². The minimum Gasteiger partial charge on any atom is -0.302 e. The Morgan fingerprint density at radius 2 is 1.87 bits per heavy atom. The standard InChI is InChI=1S/C20H16N8OS/c1-2-27-16(13-8-10-21-11-9-13)25-26-20(27)30-19-23-17-15(18(29)24-19)12-22-28(17)14-6-4-3-5-7-14/h3-12H,2H2,1H3,(H,23,24,29). The average molecular weight is 416 g/mol. The first-order chi connectivity index (χ1) is 14.7. The molecule has 0 aliphatic carbocycles. The number of aromatic amines is 1. The van der Waals surface area contributed by atoms with Crippen molar-refractivity contribution in [1.29, 1.82) is 0 Å². The van der Waals surface area contributed by atoms with Gasteiger partial charge in [-0.3, -0.25) is 9.78 Å². The predicted molar refractivity (Wildman–Crippen MR) is 113 cm³/mol. The number of hydrogen-bond acceptors (Lipinski definition) is 7. The Labute approximate surface area is 174 Å². The van der Waals surface area contributed by atoms with Crippen LogP contribution in [-0.4, -0.2) is 39.5 Å². The summed E-state index contributed by atoms with van der Waals surface area (Å²) in [5, 5.41) is 14.5. The van der Waals surface area contributed by atoms with Crippen LogP contribution in [0.15, 0.2) is 76.2 Å². The number of rotatable bonds is 5. The van der Waals surface area contributed by atoms with E-state index in [2.05, 4.69) is 30.2 Å².